The van der Waals surface area contributed by atoms with Crippen LogP contribution in [0.5, 0.6) is 0 Å². The van der Waals surface area contributed by atoms with Gasteiger partial charge in [-0.25, -0.2) is 0 Å². The van der Waals surface area contributed by atoms with Crippen molar-refractivity contribution in [1.82, 2.24) is 0 Å². The van der Waals surface area contributed by atoms with Gasteiger partial charge in [-0.3, -0.25) is 0 Å². The molecular weight excluding hydrogens is 280 g/mol. The number of benzene rings is 1. The summed E-state index contributed by atoms with van der Waals surface area (Å²) < 4.78 is 1.01. The molecule has 0 amide bonds. The molecular formula is C13H19BrN2O. The number of nitrogens with one attached hydrogen (secondary N) is 1. The molecule has 0 aromatic heterocycles. The minimum Gasteiger partial charge on any atom is -0.398 e. The normalized spacial score (nSPS) is 24.6. The van der Waals surface area contributed by atoms with Crippen molar-refractivity contribution in [1.29, 1.82) is 0 Å². The van der Waals surface area contributed by atoms with Gasteiger partial charge in [-0.15, -0.1) is 0 Å². The summed E-state index contributed by atoms with van der Waals surface area (Å²) in [6.07, 6.45) is 3.73. The number of nitrogens with two attached hydrogens (primary N) is 1. The van der Waals surface area contributed by atoms with Gasteiger partial charge in [-0.1, -0.05) is 0 Å². The highest BCUT2D eigenvalue weighted by molar-refractivity contribution is 9.10. The zero-order valence-electron chi connectivity index (χ0n) is 10.0. The minimum absolute atomic E-state index is 0.107. The van der Waals surface area contributed by atoms with Crippen LogP contribution in [0.4, 0.5) is 11.4 Å². The second-order valence-corrected chi connectivity index (χ2v) is 5.69. The van der Waals surface area contributed by atoms with Gasteiger partial charge in [0.25, 0.3) is 0 Å². The Labute approximate surface area is 111 Å². The van der Waals surface area contributed by atoms with E-state index < -0.39 is 0 Å². The lowest BCUT2D eigenvalue weighted by Crippen LogP contribution is -2.28. The fourth-order valence-electron chi connectivity index (χ4n) is 2.25. The van der Waals surface area contributed by atoms with Gasteiger partial charge < -0.3 is 16.2 Å². The molecule has 1 aliphatic rings. The van der Waals surface area contributed by atoms with E-state index in [0.29, 0.717) is 6.04 Å². The quantitative estimate of drug-likeness (QED) is 0.736. The van der Waals surface area contributed by atoms with E-state index in [1.54, 1.807) is 0 Å². The molecule has 1 aliphatic carbocycles. The number of aryl methyl sites for hydroxylation is 1. The molecule has 1 aromatic carbocycles. The van der Waals surface area contributed by atoms with Crippen molar-refractivity contribution in [3.05, 3.63) is 22.2 Å². The van der Waals surface area contributed by atoms with Crippen LogP contribution in [0.1, 0.15) is 31.2 Å². The Bertz CT molecular complexity index is 401. The molecule has 0 bridgehead atoms. The number of aliphatic hydroxyl groups excluding tert-OH is 1. The van der Waals surface area contributed by atoms with Crippen LogP contribution in [0.15, 0.2) is 16.6 Å². The summed E-state index contributed by atoms with van der Waals surface area (Å²) in [6, 6.07) is 4.47. The minimum atomic E-state index is -0.107. The van der Waals surface area contributed by atoms with Gasteiger partial charge in [0.15, 0.2) is 0 Å². The molecule has 0 atom stereocenters. The van der Waals surface area contributed by atoms with Crippen LogP contribution in [0.3, 0.4) is 0 Å². The topological polar surface area (TPSA) is 58.3 Å². The number of rotatable bonds is 2. The summed E-state index contributed by atoms with van der Waals surface area (Å²) in [5.41, 5.74) is 8.84. The van der Waals surface area contributed by atoms with E-state index in [9.17, 15) is 5.11 Å². The first-order valence-corrected chi connectivity index (χ1v) is 6.86. The zero-order valence-corrected chi connectivity index (χ0v) is 11.6. The van der Waals surface area contributed by atoms with Crippen LogP contribution in [0.25, 0.3) is 0 Å². The van der Waals surface area contributed by atoms with Gasteiger partial charge in [0.1, 0.15) is 0 Å². The molecule has 1 fully saturated rings. The fraction of sp³-hybridized carbons (Fsp3) is 0.538. The van der Waals surface area contributed by atoms with Crippen LogP contribution in [0, 0.1) is 6.92 Å². The molecule has 4 heteroatoms. The van der Waals surface area contributed by atoms with Crippen LogP contribution in [0.2, 0.25) is 0 Å². The van der Waals surface area contributed by atoms with E-state index in [4.69, 9.17) is 5.73 Å². The average molecular weight is 299 g/mol. The standard InChI is InChI=1S/C13H19BrN2O/c1-8-6-13(11(14)7-12(8)15)16-9-2-4-10(17)5-3-9/h6-7,9-10,16-17H,2-5,15H2,1H3. The first kappa shape index (κ1) is 12.7. The van der Waals surface area contributed by atoms with Gasteiger partial charge in [-0.05, 0) is 66.2 Å². The zero-order chi connectivity index (χ0) is 12.4. The Morgan fingerprint density at radius 2 is 1.94 bits per heavy atom. The lowest BCUT2D eigenvalue weighted by atomic mass is 9.93. The number of hydrogen-bond acceptors (Lipinski definition) is 3. The monoisotopic (exact) mass is 298 g/mol. The second kappa shape index (κ2) is 5.27. The molecule has 0 radical (unpaired) electrons. The molecule has 0 spiro atoms. The largest absolute Gasteiger partial charge is 0.398 e. The number of aliphatic hydroxyl groups is 1. The smallest absolute Gasteiger partial charge is 0.0541 e. The summed E-state index contributed by atoms with van der Waals surface area (Å²) >= 11 is 3.53. The number of anilines is 2. The van der Waals surface area contributed by atoms with Crippen LogP contribution < -0.4 is 11.1 Å². The Morgan fingerprint density at radius 1 is 1.29 bits per heavy atom. The SMILES string of the molecule is Cc1cc(NC2CCC(O)CC2)c(Br)cc1N. The summed E-state index contributed by atoms with van der Waals surface area (Å²) in [5, 5.41) is 13.0. The first-order valence-electron chi connectivity index (χ1n) is 6.06. The van der Waals surface area contributed by atoms with Gasteiger partial charge in [0.2, 0.25) is 0 Å². The Morgan fingerprint density at radius 3 is 2.59 bits per heavy atom. The van der Waals surface area contributed by atoms with Crippen molar-refractivity contribution >= 4 is 27.3 Å². The van der Waals surface area contributed by atoms with Crippen molar-refractivity contribution in [2.24, 2.45) is 0 Å². The maximum atomic E-state index is 9.47. The summed E-state index contributed by atoms with van der Waals surface area (Å²) in [7, 11) is 0. The van der Waals surface area contributed by atoms with Crippen LogP contribution in [-0.2, 0) is 0 Å². The first-order chi connectivity index (χ1) is 8.06. The van der Waals surface area contributed by atoms with Crippen molar-refractivity contribution in [2.45, 2.75) is 44.8 Å². The van der Waals surface area contributed by atoms with E-state index >= 15 is 0 Å². The maximum absolute atomic E-state index is 9.47. The third kappa shape index (κ3) is 3.13. The molecule has 1 saturated carbocycles. The highest BCUT2D eigenvalue weighted by Gasteiger charge is 2.19. The maximum Gasteiger partial charge on any atom is 0.0541 e. The van der Waals surface area contributed by atoms with E-state index in [1.807, 2.05) is 13.0 Å². The molecule has 94 valence electrons. The van der Waals surface area contributed by atoms with Gasteiger partial charge in [0, 0.05) is 21.9 Å². The van der Waals surface area contributed by atoms with E-state index in [0.717, 1.165) is 47.1 Å². The van der Waals surface area contributed by atoms with E-state index in [-0.39, 0.29) is 6.10 Å². The lowest BCUT2D eigenvalue weighted by Gasteiger charge is -2.27. The summed E-state index contributed by atoms with van der Waals surface area (Å²) in [5.74, 6) is 0. The predicted octanol–water partition coefficient (Wildman–Crippen LogP) is 3.06. The highest BCUT2D eigenvalue weighted by Crippen LogP contribution is 2.30. The number of halogens is 1. The fourth-order valence-corrected chi connectivity index (χ4v) is 2.72. The number of hydrogen-bond donors (Lipinski definition) is 3. The van der Waals surface area contributed by atoms with E-state index in [2.05, 4.69) is 27.3 Å². The molecule has 1 aromatic rings. The van der Waals surface area contributed by atoms with Crippen molar-refractivity contribution in [3.63, 3.8) is 0 Å². The third-order valence-corrected chi connectivity index (χ3v) is 4.07. The molecule has 0 saturated heterocycles. The summed E-state index contributed by atoms with van der Waals surface area (Å²) in [4.78, 5) is 0. The highest BCUT2D eigenvalue weighted by atomic mass is 79.9. The predicted molar refractivity (Wildman–Crippen MR) is 75.2 cm³/mol. The second-order valence-electron chi connectivity index (χ2n) is 4.84. The van der Waals surface area contributed by atoms with Crippen LogP contribution >= 0.6 is 15.9 Å². The van der Waals surface area contributed by atoms with Gasteiger partial charge in [-0.2, -0.15) is 0 Å². The Balaban J connectivity index is 2.06. The average Bonchev–Trinajstić information content (AvgIpc) is 2.29. The van der Waals surface area contributed by atoms with E-state index in [1.165, 1.54) is 0 Å². The molecule has 2 rings (SSSR count). The molecule has 17 heavy (non-hydrogen) atoms. The van der Waals surface area contributed by atoms with Crippen molar-refractivity contribution in [3.8, 4) is 0 Å². The molecule has 0 aliphatic heterocycles. The Kier molecular flexibility index (Phi) is 3.94. The third-order valence-electron chi connectivity index (χ3n) is 3.41. The van der Waals surface area contributed by atoms with Crippen LogP contribution in [-0.4, -0.2) is 17.3 Å². The molecule has 0 unspecified atom stereocenters. The van der Waals surface area contributed by atoms with Crippen molar-refractivity contribution in [2.75, 3.05) is 11.1 Å². The Hall–Kier alpha value is -0.740. The number of nitrogen functional groups attached to an aromatic ring is 1. The lowest BCUT2D eigenvalue weighted by molar-refractivity contribution is 0.126. The summed E-state index contributed by atoms with van der Waals surface area (Å²) in [6.45, 7) is 2.01. The van der Waals surface area contributed by atoms with Gasteiger partial charge in [0.05, 0.1) is 6.10 Å². The molecule has 0 heterocycles. The molecule has 4 N–H and O–H groups in total. The molecule has 3 nitrogen and oxygen atoms in total. The van der Waals surface area contributed by atoms with Gasteiger partial charge >= 0.3 is 0 Å². The van der Waals surface area contributed by atoms with Crippen molar-refractivity contribution < 1.29 is 5.11 Å².